The van der Waals surface area contributed by atoms with Gasteiger partial charge in [0, 0.05) is 0 Å². The zero-order valence-corrected chi connectivity index (χ0v) is 10.8. The van der Waals surface area contributed by atoms with Gasteiger partial charge in [-0.25, -0.2) is 0 Å². The first kappa shape index (κ1) is 10.5. The van der Waals surface area contributed by atoms with Crippen molar-refractivity contribution in [3.05, 3.63) is 30.3 Å². The van der Waals surface area contributed by atoms with Crippen molar-refractivity contribution in [3.8, 4) is 0 Å². The molecule has 0 aliphatic carbocycles. The van der Waals surface area contributed by atoms with Crippen LogP contribution < -0.4 is 3.61 Å². The zero-order chi connectivity index (χ0) is 9.80. The average Bonchev–Trinajstić information content (AvgIpc) is 2.23. The maximum atomic E-state index is 5.70. The second-order valence-electron chi connectivity index (χ2n) is 3.69. The van der Waals surface area contributed by atoms with E-state index in [-0.39, 0.29) is 20.9 Å². The fourth-order valence-corrected chi connectivity index (χ4v) is 5.20. The van der Waals surface area contributed by atoms with Crippen LogP contribution in [0, 0.1) is 0 Å². The van der Waals surface area contributed by atoms with Crippen LogP contribution in [0.3, 0.4) is 0 Å². The van der Waals surface area contributed by atoms with Gasteiger partial charge < -0.3 is 0 Å². The molecule has 0 bridgehead atoms. The number of hydrogen-bond donors (Lipinski definition) is 0. The van der Waals surface area contributed by atoms with Gasteiger partial charge in [-0.05, 0) is 0 Å². The van der Waals surface area contributed by atoms with Gasteiger partial charge in [0.2, 0.25) is 0 Å². The summed E-state index contributed by atoms with van der Waals surface area (Å²) in [6, 6.07) is 10.9. The SMILES string of the molecule is CC1OCCCC1[Te]c1ccccc1. The molecule has 0 N–H and O–H groups in total. The summed E-state index contributed by atoms with van der Waals surface area (Å²) in [6.07, 6.45) is 3.12. The molecule has 2 heteroatoms. The van der Waals surface area contributed by atoms with E-state index in [9.17, 15) is 0 Å². The molecule has 1 fully saturated rings. The van der Waals surface area contributed by atoms with Gasteiger partial charge in [-0.3, -0.25) is 0 Å². The predicted molar refractivity (Wildman–Crippen MR) is 60.2 cm³/mol. The molecular formula is C12H16OTe. The Balaban J connectivity index is 1.96. The Morgan fingerprint density at radius 3 is 2.79 bits per heavy atom. The summed E-state index contributed by atoms with van der Waals surface area (Å²) in [5, 5.41) is 0. The Morgan fingerprint density at radius 1 is 1.29 bits per heavy atom. The van der Waals surface area contributed by atoms with E-state index in [0.717, 1.165) is 10.6 Å². The van der Waals surface area contributed by atoms with Gasteiger partial charge in [0.05, 0.1) is 0 Å². The molecule has 14 heavy (non-hydrogen) atoms. The van der Waals surface area contributed by atoms with Crippen LogP contribution in [-0.2, 0) is 4.74 Å². The predicted octanol–water partition coefficient (Wildman–Crippen LogP) is 2.00. The van der Waals surface area contributed by atoms with Gasteiger partial charge >= 0.3 is 96.0 Å². The molecule has 1 aromatic carbocycles. The molecule has 0 radical (unpaired) electrons. The van der Waals surface area contributed by atoms with E-state index in [1.54, 1.807) is 3.61 Å². The van der Waals surface area contributed by atoms with Gasteiger partial charge in [0.15, 0.2) is 0 Å². The Hall–Kier alpha value is -0.0304. The quantitative estimate of drug-likeness (QED) is 0.760. The van der Waals surface area contributed by atoms with Crippen molar-refractivity contribution in [2.24, 2.45) is 0 Å². The molecule has 0 spiro atoms. The zero-order valence-electron chi connectivity index (χ0n) is 8.48. The van der Waals surface area contributed by atoms with E-state index in [1.807, 2.05) is 0 Å². The Kier molecular flexibility index (Phi) is 3.87. The molecule has 2 unspecified atom stereocenters. The number of rotatable bonds is 2. The molecule has 0 amide bonds. The fourth-order valence-electron chi connectivity index (χ4n) is 1.72. The second-order valence-corrected chi connectivity index (χ2v) is 7.43. The third kappa shape index (κ3) is 2.73. The molecule has 0 saturated carbocycles. The number of benzene rings is 1. The Bertz CT molecular complexity index is 273. The van der Waals surface area contributed by atoms with Crippen molar-refractivity contribution in [2.75, 3.05) is 6.61 Å². The molecule has 2 atom stereocenters. The van der Waals surface area contributed by atoms with Crippen molar-refractivity contribution in [2.45, 2.75) is 29.8 Å². The van der Waals surface area contributed by atoms with E-state index in [2.05, 4.69) is 37.3 Å². The summed E-state index contributed by atoms with van der Waals surface area (Å²) in [7, 11) is 0. The van der Waals surface area contributed by atoms with Crippen LogP contribution in [-0.4, -0.2) is 33.6 Å². The van der Waals surface area contributed by atoms with E-state index < -0.39 is 0 Å². The van der Waals surface area contributed by atoms with Crippen LogP contribution in [0.25, 0.3) is 0 Å². The minimum atomic E-state index is -0.0466. The Labute approximate surface area is 95.9 Å². The maximum absolute atomic E-state index is 5.70. The van der Waals surface area contributed by atoms with Crippen LogP contribution in [0.5, 0.6) is 0 Å². The van der Waals surface area contributed by atoms with Crippen molar-refractivity contribution in [1.82, 2.24) is 0 Å². The summed E-state index contributed by atoms with van der Waals surface area (Å²) in [5.74, 6) is 0. The van der Waals surface area contributed by atoms with Crippen molar-refractivity contribution >= 4 is 24.5 Å². The van der Waals surface area contributed by atoms with Crippen LogP contribution in [0.4, 0.5) is 0 Å². The molecule has 1 nitrogen and oxygen atoms in total. The molecule has 1 aromatic rings. The summed E-state index contributed by atoms with van der Waals surface area (Å²) in [6.45, 7) is 3.21. The van der Waals surface area contributed by atoms with Gasteiger partial charge in [0.1, 0.15) is 0 Å². The van der Waals surface area contributed by atoms with Gasteiger partial charge in [0.25, 0.3) is 0 Å². The molecule has 1 saturated heterocycles. The van der Waals surface area contributed by atoms with Gasteiger partial charge in [-0.1, -0.05) is 0 Å². The van der Waals surface area contributed by atoms with E-state index in [4.69, 9.17) is 4.74 Å². The summed E-state index contributed by atoms with van der Waals surface area (Å²) >= 11 is -0.0466. The van der Waals surface area contributed by atoms with Crippen molar-refractivity contribution < 1.29 is 4.74 Å². The summed E-state index contributed by atoms with van der Waals surface area (Å²) in [5.41, 5.74) is 0. The van der Waals surface area contributed by atoms with E-state index >= 15 is 0 Å². The van der Waals surface area contributed by atoms with Gasteiger partial charge in [-0.2, -0.15) is 0 Å². The first-order chi connectivity index (χ1) is 6.86. The number of ether oxygens (including phenoxy) is 1. The average molecular weight is 304 g/mol. The third-order valence-corrected chi connectivity index (χ3v) is 6.75. The van der Waals surface area contributed by atoms with Crippen molar-refractivity contribution in [3.63, 3.8) is 0 Å². The normalized spacial score (nSPS) is 27.5. The molecule has 0 aromatic heterocycles. The second kappa shape index (κ2) is 5.16. The molecule has 1 aliphatic rings. The topological polar surface area (TPSA) is 9.23 Å². The molecule has 2 rings (SSSR count). The first-order valence-electron chi connectivity index (χ1n) is 5.19. The Morgan fingerprint density at radius 2 is 2.07 bits per heavy atom. The molecule has 1 aliphatic heterocycles. The van der Waals surface area contributed by atoms with E-state index in [0.29, 0.717) is 6.10 Å². The van der Waals surface area contributed by atoms with Crippen LogP contribution in [0.15, 0.2) is 30.3 Å². The standard InChI is InChI=1S/C12H16OTe/c1-10-12(8-5-9-13-10)14-11-6-3-2-4-7-11/h2-4,6-7,10,12H,5,8-9H2,1H3. The summed E-state index contributed by atoms with van der Waals surface area (Å²) in [4.78, 5) is 0. The van der Waals surface area contributed by atoms with Crippen molar-refractivity contribution in [1.29, 1.82) is 0 Å². The summed E-state index contributed by atoms with van der Waals surface area (Å²) < 4.78 is 8.11. The minimum absolute atomic E-state index is 0.0466. The van der Waals surface area contributed by atoms with Crippen LogP contribution in [0.1, 0.15) is 19.8 Å². The molecular weight excluding hydrogens is 288 g/mol. The van der Waals surface area contributed by atoms with Crippen LogP contribution >= 0.6 is 0 Å². The van der Waals surface area contributed by atoms with Crippen LogP contribution in [0.2, 0.25) is 3.97 Å². The van der Waals surface area contributed by atoms with E-state index in [1.165, 1.54) is 12.8 Å². The fraction of sp³-hybridized carbons (Fsp3) is 0.500. The number of hydrogen-bond acceptors (Lipinski definition) is 1. The first-order valence-corrected chi connectivity index (χ1v) is 7.70. The van der Waals surface area contributed by atoms with Gasteiger partial charge in [-0.15, -0.1) is 0 Å². The molecule has 1 heterocycles. The molecule has 76 valence electrons. The monoisotopic (exact) mass is 306 g/mol. The third-order valence-electron chi connectivity index (χ3n) is 2.57.